The Bertz CT molecular complexity index is 1090. The lowest BCUT2D eigenvalue weighted by atomic mass is 10.00. The van der Waals surface area contributed by atoms with Crippen molar-refractivity contribution in [3.63, 3.8) is 0 Å². The van der Waals surface area contributed by atoms with E-state index in [4.69, 9.17) is 33.8 Å². The van der Waals surface area contributed by atoms with Gasteiger partial charge in [-0.1, -0.05) is 27.7 Å². The monoisotopic (exact) mass is 656 g/mol. The SMILES string of the molecule is CC(C)C[C@H](N)C(=O)N[C@H](C(=O)N[C@@H](CCCN=C(N)N)C(=O)NCC(=O)N[C@@H](CCCN=C(N)N)C(=O)NCC(=O)O)C(C)C. The van der Waals surface area contributed by atoms with Crippen LogP contribution in [0.3, 0.4) is 0 Å². The maximum absolute atomic E-state index is 13.3. The number of nitrogens with one attached hydrogen (secondary N) is 5. The second-order valence-corrected chi connectivity index (χ2v) is 11.4. The van der Waals surface area contributed by atoms with E-state index < -0.39 is 72.8 Å². The molecule has 16 N–H and O–H groups in total. The summed E-state index contributed by atoms with van der Waals surface area (Å²) in [5.74, 6) is -5.18. The lowest BCUT2D eigenvalue weighted by Gasteiger charge is -2.26. The minimum Gasteiger partial charge on any atom is -0.480 e. The number of carbonyl (C=O) groups excluding carboxylic acids is 5. The molecule has 0 fully saturated rings. The van der Waals surface area contributed by atoms with Crippen LogP contribution in [0.15, 0.2) is 9.98 Å². The molecular weight excluding hydrogens is 604 g/mol. The fourth-order valence-electron chi connectivity index (χ4n) is 4.04. The minimum absolute atomic E-state index is 0.0640. The first kappa shape index (κ1) is 41.3. The van der Waals surface area contributed by atoms with E-state index in [1.165, 1.54) is 0 Å². The Morgan fingerprint density at radius 2 is 1.15 bits per heavy atom. The number of guanidine groups is 2. The van der Waals surface area contributed by atoms with E-state index in [0.717, 1.165) is 0 Å². The number of hydrogen-bond donors (Lipinski definition) is 11. The van der Waals surface area contributed by atoms with Gasteiger partial charge < -0.3 is 60.4 Å². The van der Waals surface area contributed by atoms with Gasteiger partial charge in [0.1, 0.15) is 24.7 Å². The van der Waals surface area contributed by atoms with Crippen LogP contribution >= 0.6 is 0 Å². The van der Waals surface area contributed by atoms with Crippen LogP contribution in [0.5, 0.6) is 0 Å². The molecule has 46 heavy (non-hydrogen) atoms. The summed E-state index contributed by atoms with van der Waals surface area (Å²) in [7, 11) is 0. The van der Waals surface area contributed by atoms with Crippen molar-refractivity contribution >= 4 is 47.4 Å². The van der Waals surface area contributed by atoms with Crippen LogP contribution in [-0.2, 0) is 28.8 Å². The van der Waals surface area contributed by atoms with E-state index in [9.17, 15) is 28.8 Å². The number of hydrogen-bond acceptors (Lipinski definition) is 9. The summed E-state index contributed by atoms with van der Waals surface area (Å²) in [6, 6.07) is -4.13. The second-order valence-electron chi connectivity index (χ2n) is 11.4. The van der Waals surface area contributed by atoms with Gasteiger partial charge in [-0.2, -0.15) is 0 Å². The first-order chi connectivity index (χ1) is 21.4. The molecule has 0 rings (SSSR count). The average molecular weight is 657 g/mol. The van der Waals surface area contributed by atoms with Gasteiger partial charge in [0.15, 0.2) is 11.9 Å². The Kier molecular flexibility index (Phi) is 19.7. The topological polar surface area (TPSA) is 338 Å². The zero-order valence-electron chi connectivity index (χ0n) is 27.0. The molecule has 0 radical (unpaired) electrons. The predicted molar refractivity (Wildman–Crippen MR) is 172 cm³/mol. The fraction of sp³-hybridized carbons (Fsp3) is 0.704. The molecule has 4 atom stereocenters. The predicted octanol–water partition coefficient (Wildman–Crippen LogP) is -4.11. The summed E-state index contributed by atoms with van der Waals surface area (Å²) in [6.07, 6.45) is 1.10. The Morgan fingerprint density at radius 3 is 1.59 bits per heavy atom. The Balaban J connectivity index is 5.60. The number of aliphatic carboxylic acids is 1. The Morgan fingerprint density at radius 1 is 0.674 bits per heavy atom. The van der Waals surface area contributed by atoms with Crippen LogP contribution in [0.1, 0.15) is 59.8 Å². The van der Waals surface area contributed by atoms with Gasteiger partial charge in [-0.25, -0.2) is 0 Å². The third-order valence-corrected chi connectivity index (χ3v) is 6.32. The molecule has 0 saturated carbocycles. The lowest BCUT2D eigenvalue weighted by molar-refractivity contribution is -0.138. The van der Waals surface area contributed by atoms with Crippen LogP contribution in [0, 0.1) is 11.8 Å². The average Bonchev–Trinajstić information content (AvgIpc) is 2.95. The molecule has 0 aliphatic heterocycles. The molecule has 0 aliphatic carbocycles. The molecule has 19 heteroatoms. The van der Waals surface area contributed by atoms with Gasteiger partial charge in [0.05, 0.1) is 12.6 Å². The highest BCUT2D eigenvalue weighted by molar-refractivity contribution is 5.95. The number of carboxylic acid groups (broad SMARTS) is 1. The van der Waals surface area contributed by atoms with Crippen molar-refractivity contribution in [2.45, 2.75) is 84.0 Å². The molecule has 0 aliphatic rings. The third-order valence-electron chi connectivity index (χ3n) is 6.32. The summed E-state index contributed by atoms with van der Waals surface area (Å²) in [4.78, 5) is 82.7. The Hall–Kier alpha value is -4.68. The van der Waals surface area contributed by atoms with Gasteiger partial charge in [0.2, 0.25) is 29.5 Å². The Labute approximate surface area is 268 Å². The number of carbonyl (C=O) groups is 6. The molecule has 262 valence electrons. The zero-order valence-corrected chi connectivity index (χ0v) is 27.0. The van der Waals surface area contributed by atoms with Gasteiger partial charge in [-0.05, 0) is 43.9 Å². The van der Waals surface area contributed by atoms with Crippen LogP contribution in [0.4, 0.5) is 0 Å². The molecule has 0 aromatic heterocycles. The van der Waals surface area contributed by atoms with E-state index in [0.29, 0.717) is 6.42 Å². The molecule has 0 aromatic rings. The largest absolute Gasteiger partial charge is 0.480 e. The van der Waals surface area contributed by atoms with Crippen LogP contribution in [-0.4, -0.2) is 103 Å². The number of aliphatic imine (C=N–C) groups is 2. The van der Waals surface area contributed by atoms with Gasteiger partial charge in [-0.15, -0.1) is 0 Å². The number of nitrogens with two attached hydrogens (primary N) is 5. The maximum atomic E-state index is 13.3. The number of amides is 5. The molecule has 5 amide bonds. The van der Waals surface area contributed by atoms with E-state index >= 15 is 0 Å². The smallest absolute Gasteiger partial charge is 0.322 e. The molecule has 0 saturated heterocycles. The molecule has 19 nitrogen and oxygen atoms in total. The molecule has 0 unspecified atom stereocenters. The lowest BCUT2D eigenvalue weighted by Crippen LogP contribution is -2.58. The van der Waals surface area contributed by atoms with E-state index in [-0.39, 0.29) is 62.5 Å². The van der Waals surface area contributed by atoms with Crippen molar-refractivity contribution < 1.29 is 33.9 Å². The van der Waals surface area contributed by atoms with Crippen LogP contribution in [0.25, 0.3) is 0 Å². The summed E-state index contributed by atoms with van der Waals surface area (Å²) >= 11 is 0. The van der Waals surface area contributed by atoms with E-state index in [2.05, 4.69) is 36.6 Å². The third kappa shape index (κ3) is 18.9. The van der Waals surface area contributed by atoms with Gasteiger partial charge in [0.25, 0.3) is 0 Å². The summed E-state index contributed by atoms with van der Waals surface area (Å²) in [5, 5.41) is 21.2. The van der Waals surface area contributed by atoms with Crippen LogP contribution < -0.4 is 55.3 Å². The van der Waals surface area contributed by atoms with Crippen molar-refractivity contribution in [1.82, 2.24) is 26.6 Å². The number of carboxylic acids is 1. The van der Waals surface area contributed by atoms with Crippen molar-refractivity contribution in [2.24, 2.45) is 50.5 Å². The van der Waals surface area contributed by atoms with Gasteiger partial charge >= 0.3 is 5.97 Å². The number of nitrogens with zero attached hydrogens (tertiary/aromatic N) is 2. The molecule has 0 bridgehead atoms. The summed E-state index contributed by atoms with van der Waals surface area (Å²) in [5.41, 5.74) is 27.3. The zero-order chi connectivity index (χ0) is 35.4. The maximum Gasteiger partial charge on any atom is 0.322 e. The van der Waals surface area contributed by atoms with E-state index in [1.807, 2.05) is 13.8 Å². The molecule has 0 spiro atoms. The second kappa shape index (κ2) is 21.9. The summed E-state index contributed by atoms with van der Waals surface area (Å²) in [6.45, 7) is 6.32. The van der Waals surface area contributed by atoms with Crippen molar-refractivity contribution in [1.29, 1.82) is 0 Å². The highest BCUT2D eigenvalue weighted by Crippen LogP contribution is 2.08. The van der Waals surface area contributed by atoms with Gasteiger partial charge in [0, 0.05) is 13.1 Å². The fourth-order valence-corrected chi connectivity index (χ4v) is 4.04. The molecular formula is C27H52N12O7. The first-order valence-corrected chi connectivity index (χ1v) is 15.0. The quantitative estimate of drug-likeness (QED) is 0.0301. The molecule has 0 aromatic carbocycles. The van der Waals surface area contributed by atoms with Crippen molar-refractivity contribution in [3.8, 4) is 0 Å². The number of rotatable bonds is 22. The normalized spacial score (nSPS) is 13.4. The van der Waals surface area contributed by atoms with Crippen molar-refractivity contribution in [3.05, 3.63) is 0 Å². The van der Waals surface area contributed by atoms with Crippen LogP contribution in [0.2, 0.25) is 0 Å². The highest BCUT2D eigenvalue weighted by Gasteiger charge is 2.30. The minimum atomic E-state index is -1.28. The summed E-state index contributed by atoms with van der Waals surface area (Å²) < 4.78 is 0. The van der Waals surface area contributed by atoms with Gasteiger partial charge in [-0.3, -0.25) is 38.8 Å². The van der Waals surface area contributed by atoms with Crippen molar-refractivity contribution in [2.75, 3.05) is 26.2 Å². The highest BCUT2D eigenvalue weighted by atomic mass is 16.4. The first-order valence-electron chi connectivity index (χ1n) is 15.0. The molecule has 0 heterocycles. The van der Waals surface area contributed by atoms with E-state index in [1.54, 1.807) is 13.8 Å². The standard InChI is InChI=1S/C27H52N12O7/c1-14(2)11-16(28)22(43)39-21(15(3)4)25(46)38-18(8-6-10-34-27(31)32)24(45)35-12-19(40)37-17(7-5-9-33-26(29)30)23(44)36-13-20(41)42/h14-18,21H,5-13,28H2,1-4H3,(H,35,45)(H,36,44)(H,37,40)(H,38,46)(H,39,43)(H,41,42)(H4,29,30,33)(H4,31,32,34)/t16-,17-,18-,21-/m0/s1.